The predicted molar refractivity (Wildman–Crippen MR) is 151 cm³/mol. The van der Waals surface area contributed by atoms with Crippen LogP contribution in [0.2, 0.25) is 5.02 Å². The van der Waals surface area contributed by atoms with E-state index in [1.54, 1.807) is 17.1 Å². The summed E-state index contributed by atoms with van der Waals surface area (Å²) < 4.78 is 7.49. The number of anilines is 1. The zero-order valence-corrected chi connectivity index (χ0v) is 23.1. The lowest BCUT2D eigenvalue weighted by Gasteiger charge is -2.38. The van der Waals surface area contributed by atoms with Crippen molar-refractivity contribution in [3.05, 3.63) is 82.1 Å². The van der Waals surface area contributed by atoms with Gasteiger partial charge in [-0.1, -0.05) is 53.7 Å². The number of nitrogens with zero attached hydrogens (tertiary/aromatic N) is 5. The molecule has 2 fully saturated rings. The molecule has 4 heterocycles. The number of benzene rings is 2. The Labute approximate surface area is 231 Å². The Morgan fingerprint density at radius 2 is 1.87 bits per heavy atom. The zero-order chi connectivity index (χ0) is 26.3. The molecule has 2 aliphatic heterocycles. The van der Waals surface area contributed by atoms with Gasteiger partial charge in [-0.25, -0.2) is 15.0 Å². The third kappa shape index (κ3) is 4.81. The summed E-state index contributed by atoms with van der Waals surface area (Å²) in [6.45, 7) is 6.96. The molecule has 1 spiro atoms. The van der Waals surface area contributed by atoms with E-state index in [-0.39, 0.29) is 11.6 Å². The summed E-state index contributed by atoms with van der Waals surface area (Å²) in [5.74, 6) is 0.891. The van der Waals surface area contributed by atoms with E-state index in [2.05, 4.69) is 21.8 Å². The first-order valence-corrected chi connectivity index (χ1v) is 14.2. The van der Waals surface area contributed by atoms with Crippen molar-refractivity contribution in [3.8, 4) is 0 Å². The van der Waals surface area contributed by atoms with Crippen molar-refractivity contribution in [1.29, 1.82) is 0 Å². The summed E-state index contributed by atoms with van der Waals surface area (Å²) in [5.41, 5.74) is 1.78. The van der Waals surface area contributed by atoms with Crippen LogP contribution in [0, 0.1) is 5.41 Å². The number of halogens is 1. The molecule has 0 N–H and O–H groups in total. The molecule has 7 nitrogen and oxygen atoms in total. The third-order valence-electron chi connectivity index (χ3n) is 7.93. The van der Waals surface area contributed by atoms with Crippen molar-refractivity contribution in [2.75, 3.05) is 24.6 Å². The highest BCUT2D eigenvalue weighted by molar-refractivity contribution is 7.99. The van der Waals surface area contributed by atoms with Crippen molar-refractivity contribution in [3.63, 3.8) is 0 Å². The van der Waals surface area contributed by atoms with Crippen LogP contribution < -0.4 is 10.5 Å². The normalized spacial score (nSPS) is 19.8. The largest absolute Gasteiger partial charge is 0.378 e. The fourth-order valence-electron chi connectivity index (χ4n) is 5.65. The van der Waals surface area contributed by atoms with Crippen LogP contribution >= 0.6 is 23.4 Å². The Morgan fingerprint density at radius 1 is 1.08 bits per heavy atom. The van der Waals surface area contributed by atoms with Crippen LogP contribution in [-0.4, -0.2) is 45.3 Å². The number of fused-ring (bicyclic) bond motifs is 1. The minimum Gasteiger partial charge on any atom is -0.378 e. The highest BCUT2D eigenvalue weighted by atomic mass is 35.5. The van der Waals surface area contributed by atoms with E-state index in [0.717, 1.165) is 60.3 Å². The highest BCUT2D eigenvalue weighted by Gasteiger charge is 2.41. The van der Waals surface area contributed by atoms with Gasteiger partial charge in [0, 0.05) is 18.0 Å². The van der Waals surface area contributed by atoms with E-state index >= 15 is 0 Å². The first-order valence-electron chi connectivity index (χ1n) is 13.0. The van der Waals surface area contributed by atoms with Gasteiger partial charge in [0.25, 0.3) is 5.56 Å². The number of hydrogen-bond acceptors (Lipinski definition) is 7. The summed E-state index contributed by atoms with van der Waals surface area (Å²) in [4.78, 5) is 30.4. The number of piperidine rings is 1. The maximum absolute atomic E-state index is 13.5. The van der Waals surface area contributed by atoms with Crippen molar-refractivity contribution < 1.29 is 4.74 Å². The van der Waals surface area contributed by atoms with E-state index in [1.165, 1.54) is 11.8 Å². The topological polar surface area (TPSA) is 73.1 Å². The lowest BCUT2D eigenvalue weighted by Crippen LogP contribution is -2.41. The number of rotatable bonds is 5. The van der Waals surface area contributed by atoms with Gasteiger partial charge in [-0.2, -0.15) is 0 Å². The lowest BCUT2D eigenvalue weighted by atomic mass is 9.77. The first-order chi connectivity index (χ1) is 18.4. The number of ether oxygens (including phenoxy) is 1. The predicted octanol–water partition coefficient (Wildman–Crippen LogP) is 6.00. The summed E-state index contributed by atoms with van der Waals surface area (Å²) in [6.07, 6.45) is 8.97. The summed E-state index contributed by atoms with van der Waals surface area (Å²) in [7, 11) is 0. The minimum absolute atomic E-state index is 0.162. The van der Waals surface area contributed by atoms with Crippen LogP contribution in [0.1, 0.15) is 44.7 Å². The van der Waals surface area contributed by atoms with E-state index in [4.69, 9.17) is 21.3 Å². The van der Waals surface area contributed by atoms with Gasteiger partial charge in [0.05, 0.1) is 53.4 Å². The van der Waals surface area contributed by atoms with Gasteiger partial charge in [-0.3, -0.25) is 9.36 Å². The molecule has 1 unspecified atom stereocenters. The zero-order valence-electron chi connectivity index (χ0n) is 21.5. The molecular weight excluding hydrogens is 518 g/mol. The average Bonchev–Trinajstić information content (AvgIpc) is 3.31. The molecule has 0 amide bonds. The van der Waals surface area contributed by atoms with E-state index in [1.807, 2.05) is 55.6 Å². The van der Waals surface area contributed by atoms with Crippen LogP contribution in [0.15, 0.2) is 75.9 Å². The minimum atomic E-state index is -0.166. The van der Waals surface area contributed by atoms with Crippen LogP contribution in [0.4, 0.5) is 5.82 Å². The maximum Gasteiger partial charge on any atom is 0.263 e. The molecule has 196 valence electrons. The van der Waals surface area contributed by atoms with Gasteiger partial charge >= 0.3 is 0 Å². The standard InChI is InChI=1S/C29H30ClN5O2S/c1-19-14-29(17-37-19)10-12-34(13-11-29)24-15-32-25(16-31-24)38-23-9-8-22-26(27(23)30)28(36)35(18-33-22)20(2)21-6-4-3-5-7-21/h3-9,15-16,18-20H,10-14,17H2,1-2H3/t19-,20?/m0/s1. The van der Waals surface area contributed by atoms with Gasteiger partial charge in [0.2, 0.25) is 0 Å². The smallest absolute Gasteiger partial charge is 0.263 e. The third-order valence-corrected chi connectivity index (χ3v) is 9.41. The van der Waals surface area contributed by atoms with Crippen LogP contribution in [-0.2, 0) is 4.74 Å². The molecule has 0 radical (unpaired) electrons. The second-order valence-electron chi connectivity index (χ2n) is 10.4. The Kier molecular flexibility index (Phi) is 6.88. The first kappa shape index (κ1) is 25.3. The Balaban J connectivity index is 1.20. The second kappa shape index (κ2) is 10.3. The molecule has 2 aromatic carbocycles. The number of aromatic nitrogens is 4. The summed E-state index contributed by atoms with van der Waals surface area (Å²) >= 11 is 8.20. The van der Waals surface area contributed by atoms with E-state index in [0.29, 0.717) is 27.4 Å². The van der Waals surface area contributed by atoms with Gasteiger partial charge in [0.15, 0.2) is 0 Å². The average molecular weight is 548 g/mol. The highest BCUT2D eigenvalue weighted by Crippen LogP contribution is 2.42. The second-order valence-corrected chi connectivity index (χ2v) is 11.9. The summed E-state index contributed by atoms with van der Waals surface area (Å²) in [5, 5.41) is 1.53. The van der Waals surface area contributed by atoms with E-state index in [9.17, 15) is 4.79 Å². The molecule has 0 bridgehead atoms. The fourth-order valence-corrected chi connectivity index (χ4v) is 6.77. The molecule has 2 saturated heterocycles. The Hall–Kier alpha value is -2.94. The molecule has 2 aliphatic rings. The van der Waals surface area contributed by atoms with Crippen LogP contribution in [0.3, 0.4) is 0 Å². The number of hydrogen-bond donors (Lipinski definition) is 0. The molecule has 0 saturated carbocycles. The van der Waals surface area contributed by atoms with E-state index < -0.39 is 0 Å². The van der Waals surface area contributed by atoms with Crippen LogP contribution in [0.25, 0.3) is 10.9 Å². The monoisotopic (exact) mass is 547 g/mol. The fraction of sp³-hybridized carbons (Fsp3) is 0.379. The van der Waals surface area contributed by atoms with Gasteiger partial charge < -0.3 is 9.64 Å². The molecule has 0 aliphatic carbocycles. The molecular formula is C29H30ClN5O2S. The molecule has 2 aromatic heterocycles. The lowest BCUT2D eigenvalue weighted by molar-refractivity contribution is 0.0976. The van der Waals surface area contributed by atoms with Crippen molar-refractivity contribution >= 4 is 40.1 Å². The molecule has 2 atom stereocenters. The van der Waals surface area contributed by atoms with Crippen molar-refractivity contribution in [2.45, 2.75) is 55.2 Å². The maximum atomic E-state index is 13.5. The van der Waals surface area contributed by atoms with Gasteiger partial charge in [0.1, 0.15) is 10.8 Å². The Bertz CT molecular complexity index is 1500. The molecule has 4 aromatic rings. The van der Waals surface area contributed by atoms with Crippen LogP contribution in [0.5, 0.6) is 0 Å². The molecule has 6 rings (SSSR count). The Morgan fingerprint density at radius 3 is 2.55 bits per heavy atom. The van der Waals surface area contributed by atoms with Crippen molar-refractivity contribution in [2.24, 2.45) is 5.41 Å². The van der Waals surface area contributed by atoms with Crippen molar-refractivity contribution in [1.82, 2.24) is 19.5 Å². The van der Waals surface area contributed by atoms with Gasteiger partial charge in [-0.05, 0) is 56.2 Å². The van der Waals surface area contributed by atoms with Gasteiger partial charge in [-0.15, -0.1) is 0 Å². The molecule has 38 heavy (non-hydrogen) atoms. The quantitative estimate of drug-likeness (QED) is 0.303. The SMILES string of the molecule is CC(c1ccccc1)n1cnc2ccc(Sc3cnc(N4CCC5(CC4)CO[C@@H](C)C5)cn3)c(Cl)c2c1=O. The summed E-state index contributed by atoms with van der Waals surface area (Å²) in [6, 6.07) is 13.4. The molecule has 9 heteroatoms.